The molecule has 0 amide bonds. The first kappa shape index (κ1) is 19.8. The van der Waals surface area contributed by atoms with Gasteiger partial charge in [-0.05, 0) is 48.1 Å². The average Bonchev–Trinajstić information content (AvgIpc) is 2.65. The number of ether oxygens (including phenoxy) is 2. The molecule has 0 radical (unpaired) electrons. The van der Waals surface area contributed by atoms with Gasteiger partial charge in [0.2, 0.25) is 0 Å². The molecule has 2 N–H and O–H groups in total. The van der Waals surface area contributed by atoms with Crippen LogP contribution in [0.4, 0.5) is 0 Å². The smallest absolute Gasteiger partial charge is 0.163 e. The Hall–Kier alpha value is -3.54. The lowest BCUT2D eigenvalue weighted by Gasteiger charge is -2.04. The van der Waals surface area contributed by atoms with Crippen molar-refractivity contribution in [3.8, 4) is 23.0 Å². The van der Waals surface area contributed by atoms with E-state index in [0.717, 1.165) is 0 Å². The highest BCUT2D eigenvalue weighted by atomic mass is 16.5. The van der Waals surface area contributed by atoms with Crippen LogP contribution in [-0.2, 0) is 9.59 Å². The monoisotopic (exact) mass is 368 g/mol. The van der Waals surface area contributed by atoms with E-state index in [2.05, 4.69) is 0 Å². The number of hydrogen-bond acceptors (Lipinski definition) is 6. The summed E-state index contributed by atoms with van der Waals surface area (Å²) < 4.78 is 10.1. The molecule has 0 spiro atoms. The highest BCUT2D eigenvalue weighted by Crippen LogP contribution is 2.27. The van der Waals surface area contributed by atoms with Crippen LogP contribution in [0, 0.1) is 0 Å². The first-order chi connectivity index (χ1) is 12.9. The summed E-state index contributed by atoms with van der Waals surface area (Å²) in [6.45, 7) is 0. The minimum absolute atomic E-state index is 0.0334. The van der Waals surface area contributed by atoms with Gasteiger partial charge < -0.3 is 19.7 Å². The number of carbonyl (C=O) groups excluding carboxylic acids is 2. The van der Waals surface area contributed by atoms with Crippen LogP contribution >= 0.6 is 0 Å². The molecule has 0 aliphatic heterocycles. The summed E-state index contributed by atoms with van der Waals surface area (Å²) in [6, 6.07) is 9.24. The van der Waals surface area contributed by atoms with E-state index in [0.29, 0.717) is 22.6 Å². The highest BCUT2D eigenvalue weighted by molar-refractivity contribution is 6.11. The fraction of sp³-hybridized carbons (Fsp3) is 0.143. The van der Waals surface area contributed by atoms with Gasteiger partial charge in [0.1, 0.15) is 11.5 Å². The Bertz CT molecular complexity index is 896. The minimum Gasteiger partial charge on any atom is -0.508 e. The van der Waals surface area contributed by atoms with E-state index < -0.39 is 0 Å². The summed E-state index contributed by atoms with van der Waals surface area (Å²) in [6.07, 6.45) is 5.34. The largest absolute Gasteiger partial charge is 0.508 e. The van der Waals surface area contributed by atoms with Crippen molar-refractivity contribution in [2.75, 3.05) is 14.2 Å². The number of methoxy groups -OCH3 is 2. The van der Waals surface area contributed by atoms with Crippen LogP contribution in [0.1, 0.15) is 17.5 Å². The summed E-state index contributed by atoms with van der Waals surface area (Å²) in [5.41, 5.74) is 1.22. The number of benzene rings is 2. The number of ketones is 2. The molecule has 0 aliphatic rings. The predicted octanol–water partition coefficient (Wildman–Crippen LogP) is 3.37. The number of hydrogen-bond donors (Lipinski definition) is 2. The van der Waals surface area contributed by atoms with Crippen LogP contribution in [0.3, 0.4) is 0 Å². The lowest BCUT2D eigenvalue weighted by molar-refractivity contribution is -0.121. The number of phenolic OH excluding ortho intramolecular Hbond substituents is 2. The maximum atomic E-state index is 12.0. The Morgan fingerprint density at radius 1 is 0.889 bits per heavy atom. The van der Waals surface area contributed by atoms with E-state index in [1.165, 1.54) is 56.7 Å². The maximum Gasteiger partial charge on any atom is 0.163 e. The summed E-state index contributed by atoms with van der Waals surface area (Å²) >= 11 is 0. The Balaban J connectivity index is 1.97. The number of aromatic hydroxyl groups is 2. The van der Waals surface area contributed by atoms with Gasteiger partial charge in [0.15, 0.2) is 23.1 Å². The van der Waals surface area contributed by atoms with Crippen molar-refractivity contribution in [2.24, 2.45) is 0 Å². The molecule has 0 aliphatic carbocycles. The van der Waals surface area contributed by atoms with Crippen molar-refractivity contribution >= 4 is 23.7 Å². The molecule has 6 nitrogen and oxygen atoms in total. The highest BCUT2D eigenvalue weighted by Gasteiger charge is 2.06. The van der Waals surface area contributed by atoms with Gasteiger partial charge in [-0.15, -0.1) is 0 Å². The molecule has 0 unspecified atom stereocenters. The molecular formula is C21H20O6. The van der Waals surface area contributed by atoms with Crippen LogP contribution in [0.15, 0.2) is 48.6 Å². The SMILES string of the molecule is COc1ccc(C=CC(=O)CC(=O)C=Cc2ccc(O)cc2OC)cc1O. The van der Waals surface area contributed by atoms with Crippen molar-refractivity contribution in [2.45, 2.75) is 6.42 Å². The molecule has 27 heavy (non-hydrogen) atoms. The van der Waals surface area contributed by atoms with E-state index in [4.69, 9.17) is 9.47 Å². The number of carbonyl (C=O) groups is 2. The third kappa shape index (κ3) is 5.74. The second kappa shape index (κ2) is 9.24. The Morgan fingerprint density at radius 3 is 2.19 bits per heavy atom. The van der Waals surface area contributed by atoms with Gasteiger partial charge in [0.25, 0.3) is 0 Å². The van der Waals surface area contributed by atoms with Crippen LogP contribution < -0.4 is 9.47 Å². The van der Waals surface area contributed by atoms with Crippen molar-refractivity contribution in [3.63, 3.8) is 0 Å². The molecule has 6 heteroatoms. The van der Waals surface area contributed by atoms with Gasteiger partial charge in [-0.3, -0.25) is 9.59 Å². The molecule has 0 fully saturated rings. The van der Waals surface area contributed by atoms with Crippen molar-refractivity contribution in [3.05, 3.63) is 59.7 Å². The zero-order valence-corrected chi connectivity index (χ0v) is 15.0. The van der Waals surface area contributed by atoms with Gasteiger partial charge in [-0.1, -0.05) is 12.1 Å². The van der Waals surface area contributed by atoms with E-state index in [1.807, 2.05) is 0 Å². The first-order valence-electron chi connectivity index (χ1n) is 8.08. The van der Waals surface area contributed by atoms with E-state index in [1.54, 1.807) is 18.2 Å². The number of allylic oxidation sites excluding steroid dienone is 2. The Morgan fingerprint density at radius 2 is 1.56 bits per heavy atom. The van der Waals surface area contributed by atoms with Crippen LogP contribution in [0.2, 0.25) is 0 Å². The summed E-state index contributed by atoms with van der Waals surface area (Å²) in [4.78, 5) is 23.9. The van der Waals surface area contributed by atoms with E-state index >= 15 is 0 Å². The maximum absolute atomic E-state index is 12.0. The minimum atomic E-state index is -0.364. The van der Waals surface area contributed by atoms with Gasteiger partial charge in [0.05, 0.1) is 20.6 Å². The Kier molecular flexibility index (Phi) is 6.77. The van der Waals surface area contributed by atoms with Crippen molar-refractivity contribution in [1.82, 2.24) is 0 Å². The molecule has 0 atom stereocenters. The lowest BCUT2D eigenvalue weighted by atomic mass is 10.1. The molecule has 0 saturated heterocycles. The Labute approximate surface area is 157 Å². The molecule has 0 saturated carbocycles. The third-order valence-corrected chi connectivity index (χ3v) is 3.68. The second-order valence-corrected chi connectivity index (χ2v) is 5.63. The fourth-order valence-corrected chi connectivity index (χ4v) is 2.31. The fourth-order valence-electron chi connectivity index (χ4n) is 2.31. The topological polar surface area (TPSA) is 93.1 Å². The summed E-state index contributed by atoms with van der Waals surface area (Å²) in [5, 5.41) is 19.1. The van der Waals surface area contributed by atoms with Crippen LogP contribution in [-0.4, -0.2) is 36.0 Å². The van der Waals surface area contributed by atoms with Gasteiger partial charge in [0, 0.05) is 11.6 Å². The van der Waals surface area contributed by atoms with Gasteiger partial charge in [-0.25, -0.2) is 0 Å². The molecule has 2 aromatic rings. The molecule has 2 rings (SSSR count). The van der Waals surface area contributed by atoms with Crippen LogP contribution in [0.5, 0.6) is 23.0 Å². The molecule has 0 heterocycles. The van der Waals surface area contributed by atoms with Gasteiger partial charge in [-0.2, -0.15) is 0 Å². The molecule has 0 aromatic heterocycles. The molecule has 140 valence electrons. The summed E-state index contributed by atoms with van der Waals surface area (Å²) in [7, 11) is 2.90. The quantitative estimate of drug-likeness (QED) is 0.548. The molecule has 2 aromatic carbocycles. The standard InChI is InChI=1S/C21H20O6/c1-26-20-10-4-14(11-19(20)25)3-7-16(22)12-17(23)8-5-15-6-9-18(24)13-21(15)27-2/h3-11,13,24-25H,12H2,1-2H3. The zero-order valence-electron chi connectivity index (χ0n) is 15.0. The van der Waals surface area contributed by atoms with E-state index in [9.17, 15) is 19.8 Å². The zero-order chi connectivity index (χ0) is 19.8. The van der Waals surface area contributed by atoms with Crippen LogP contribution in [0.25, 0.3) is 12.2 Å². The predicted molar refractivity (Wildman–Crippen MR) is 102 cm³/mol. The van der Waals surface area contributed by atoms with Crippen molar-refractivity contribution in [1.29, 1.82) is 0 Å². The van der Waals surface area contributed by atoms with Gasteiger partial charge >= 0.3 is 0 Å². The van der Waals surface area contributed by atoms with Crippen molar-refractivity contribution < 1.29 is 29.3 Å². The summed E-state index contributed by atoms with van der Waals surface area (Å²) in [5.74, 6) is 0.0529. The van der Waals surface area contributed by atoms with E-state index in [-0.39, 0.29) is 29.5 Å². The normalized spacial score (nSPS) is 11.0. The average molecular weight is 368 g/mol. The molecule has 0 bridgehead atoms. The third-order valence-electron chi connectivity index (χ3n) is 3.68. The first-order valence-corrected chi connectivity index (χ1v) is 8.08. The number of phenols is 2. The number of rotatable bonds is 8. The second-order valence-electron chi connectivity index (χ2n) is 5.63. The lowest BCUT2D eigenvalue weighted by Crippen LogP contribution is -2.02. The molecular weight excluding hydrogens is 348 g/mol.